The minimum Gasteiger partial charge on any atom is -0.497 e. The summed E-state index contributed by atoms with van der Waals surface area (Å²) in [6.07, 6.45) is 2.02. The van der Waals surface area contributed by atoms with E-state index in [9.17, 15) is 9.59 Å². The van der Waals surface area contributed by atoms with E-state index in [1.165, 1.54) is 0 Å². The van der Waals surface area contributed by atoms with Crippen LogP contribution in [-0.4, -0.2) is 53.4 Å². The molecule has 0 radical (unpaired) electrons. The Bertz CT molecular complexity index is 1650. The Hall–Kier alpha value is -4.11. The molecular formula is C33H32Cl2N4O4. The number of carbonyl (C=O) groups is 2. The molecule has 0 unspecified atom stereocenters. The highest BCUT2D eigenvalue weighted by atomic mass is 35.5. The number of fused-ring (bicyclic) bond motifs is 1. The molecule has 1 aromatic heterocycles. The fraction of sp³-hybridized carbons (Fsp3) is 0.242. The molecule has 10 heteroatoms. The first-order valence-corrected chi connectivity index (χ1v) is 14.7. The fourth-order valence-electron chi connectivity index (χ4n) is 5.14. The summed E-state index contributed by atoms with van der Waals surface area (Å²) in [5.41, 5.74) is 4.98. The largest absolute Gasteiger partial charge is 0.497 e. The van der Waals surface area contributed by atoms with Crippen molar-refractivity contribution in [3.63, 3.8) is 0 Å². The molecule has 0 bridgehead atoms. The van der Waals surface area contributed by atoms with Crippen LogP contribution >= 0.6 is 23.2 Å². The van der Waals surface area contributed by atoms with Gasteiger partial charge in [0.1, 0.15) is 5.75 Å². The summed E-state index contributed by atoms with van der Waals surface area (Å²) in [7, 11) is 1.62. The molecule has 4 aromatic rings. The number of hydrogen-bond acceptors (Lipinski definition) is 6. The van der Waals surface area contributed by atoms with Gasteiger partial charge >= 0.3 is 5.97 Å². The van der Waals surface area contributed by atoms with Gasteiger partial charge in [0, 0.05) is 23.7 Å². The molecule has 3 aromatic carbocycles. The smallest absolute Gasteiger partial charge is 0.320 e. The molecule has 0 spiro atoms. The third-order valence-corrected chi connectivity index (χ3v) is 7.72. The molecule has 0 fully saturated rings. The first-order valence-electron chi connectivity index (χ1n) is 13.9. The summed E-state index contributed by atoms with van der Waals surface area (Å²) < 4.78 is 12.3. The minimum atomic E-state index is -0.341. The van der Waals surface area contributed by atoms with Crippen LogP contribution in [0.2, 0.25) is 10.0 Å². The highest BCUT2D eigenvalue weighted by Crippen LogP contribution is 2.36. The highest BCUT2D eigenvalue weighted by Gasteiger charge is 2.33. The zero-order chi connectivity index (χ0) is 30.5. The van der Waals surface area contributed by atoms with Gasteiger partial charge in [-0.3, -0.25) is 14.5 Å². The molecule has 222 valence electrons. The van der Waals surface area contributed by atoms with E-state index in [-0.39, 0.29) is 36.8 Å². The van der Waals surface area contributed by atoms with E-state index in [1.807, 2.05) is 72.5 Å². The summed E-state index contributed by atoms with van der Waals surface area (Å²) in [5, 5.41) is 8.81. The molecule has 0 saturated heterocycles. The van der Waals surface area contributed by atoms with Gasteiger partial charge in [0.2, 0.25) is 0 Å². The van der Waals surface area contributed by atoms with Crippen molar-refractivity contribution in [1.29, 1.82) is 0 Å². The third kappa shape index (κ3) is 6.94. The van der Waals surface area contributed by atoms with Crippen molar-refractivity contribution in [2.45, 2.75) is 26.4 Å². The van der Waals surface area contributed by atoms with Crippen LogP contribution in [0.1, 0.15) is 52.8 Å². The number of nitrogens with one attached hydrogen (secondary N) is 1. The Kier molecular flexibility index (Phi) is 9.50. The lowest BCUT2D eigenvalue weighted by molar-refractivity contribution is -0.144. The first-order chi connectivity index (χ1) is 20.8. The van der Waals surface area contributed by atoms with E-state index < -0.39 is 0 Å². The number of carbonyl (C=O) groups excluding carboxylic acids is 2. The van der Waals surface area contributed by atoms with Gasteiger partial charge in [-0.2, -0.15) is 5.10 Å². The normalized spacial score (nSPS) is 14.7. The molecule has 43 heavy (non-hydrogen) atoms. The Morgan fingerprint density at radius 1 is 1.05 bits per heavy atom. The van der Waals surface area contributed by atoms with Gasteiger partial charge < -0.3 is 14.8 Å². The molecule has 1 amide bonds. The van der Waals surface area contributed by atoms with E-state index >= 15 is 0 Å². The van der Waals surface area contributed by atoms with E-state index in [4.69, 9.17) is 37.8 Å². The average Bonchev–Trinajstić information content (AvgIpc) is 3.37. The quantitative estimate of drug-likeness (QED) is 0.213. The molecule has 0 aliphatic carbocycles. The van der Waals surface area contributed by atoms with E-state index in [1.54, 1.807) is 36.9 Å². The van der Waals surface area contributed by atoms with Crippen LogP contribution in [0.25, 0.3) is 17.3 Å². The predicted molar refractivity (Wildman–Crippen MR) is 169 cm³/mol. The maximum Gasteiger partial charge on any atom is 0.320 e. The minimum absolute atomic E-state index is 0.0571. The summed E-state index contributed by atoms with van der Waals surface area (Å²) in [6.45, 7) is 4.76. The first kappa shape index (κ1) is 30.4. The highest BCUT2D eigenvalue weighted by molar-refractivity contribution is 6.35. The van der Waals surface area contributed by atoms with Crippen molar-refractivity contribution in [2.24, 2.45) is 0 Å². The number of aromatic nitrogens is 2. The van der Waals surface area contributed by atoms with Gasteiger partial charge in [-0.15, -0.1) is 0 Å². The Morgan fingerprint density at radius 2 is 1.79 bits per heavy atom. The van der Waals surface area contributed by atoms with E-state index in [0.29, 0.717) is 34.4 Å². The molecule has 8 nitrogen and oxygen atoms in total. The number of amides is 1. The summed E-state index contributed by atoms with van der Waals surface area (Å²) >= 11 is 12.9. The molecule has 2 heterocycles. The van der Waals surface area contributed by atoms with Crippen molar-refractivity contribution in [3.05, 3.63) is 111 Å². The van der Waals surface area contributed by atoms with Crippen LogP contribution in [0.3, 0.4) is 0 Å². The number of rotatable bonds is 9. The lowest BCUT2D eigenvalue weighted by Crippen LogP contribution is -2.36. The molecule has 1 atom stereocenters. The number of methoxy groups -OCH3 is 1. The lowest BCUT2D eigenvalue weighted by atomic mass is 9.97. The molecule has 5 rings (SSSR count). The monoisotopic (exact) mass is 618 g/mol. The number of halogens is 2. The van der Waals surface area contributed by atoms with Crippen LogP contribution in [0.15, 0.2) is 72.8 Å². The standard InChI is InChI=1S/C33H32Cl2N4O4/c1-4-43-30(40)20-38-18-24(16-22-10-13-26(42-3)14-11-22)32-27(19-38)31(33(41)36-21(2)23-8-6-5-7-9-23)37-39(32)29-15-12-25(34)17-28(29)35/h5-17,21H,4,18-20H2,1-3H3,(H,36,41)/b24-16+/t21-/m1/s1. The number of nitrogens with zero attached hydrogens (tertiary/aromatic N) is 3. The molecule has 1 N–H and O–H groups in total. The van der Waals surface area contributed by atoms with Crippen LogP contribution in [-0.2, 0) is 16.1 Å². The number of benzene rings is 3. The second-order valence-corrected chi connectivity index (χ2v) is 11.0. The van der Waals surface area contributed by atoms with Crippen LogP contribution in [0.5, 0.6) is 5.75 Å². The van der Waals surface area contributed by atoms with Crippen LogP contribution < -0.4 is 10.1 Å². The van der Waals surface area contributed by atoms with Gasteiger partial charge in [-0.1, -0.05) is 65.7 Å². The van der Waals surface area contributed by atoms with Crippen molar-refractivity contribution in [2.75, 3.05) is 26.8 Å². The van der Waals surface area contributed by atoms with E-state index in [2.05, 4.69) is 5.32 Å². The maximum absolute atomic E-state index is 13.9. The lowest BCUT2D eigenvalue weighted by Gasteiger charge is -2.29. The molecule has 1 aliphatic rings. The van der Waals surface area contributed by atoms with Gasteiger partial charge in [0.15, 0.2) is 5.69 Å². The van der Waals surface area contributed by atoms with Crippen LogP contribution in [0.4, 0.5) is 0 Å². The summed E-state index contributed by atoms with van der Waals surface area (Å²) in [5.74, 6) is 0.0599. The molecular weight excluding hydrogens is 587 g/mol. The Morgan fingerprint density at radius 3 is 2.47 bits per heavy atom. The zero-order valence-corrected chi connectivity index (χ0v) is 25.7. The van der Waals surface area contributed by atoms with Crippen molar-refractivity contribution in [3.8, 4) is 11.4 Å². The predicted octanol–water partition coefficient (Wildman–Crippen LogP) is 6.60. The maximum atomic E-state index is 13.9. The summed E-state index contributed by atoms with van der Waals surface area (Å²) in [4.78, 5) is 28.4. The number of ether oxygens (including phenoxy) is 2. The van der Waals surface area contributed by atoms with Crippen molar-refractivity contribution >= 4 is 46.7 Å². The Labute approximate surface area is 260 Å². The number of esters is 1. The van der Waals surface area contributed by atoms with Gasteiger partial charge in [0.25, 0.3) is 5.91 Å². The third-order valence-electron chi connectivity index (χ3n) is 7.18. The molecule has 1 aliphatic heterocycles. The van der Waals surface area contributed by atoms with E-state index in [0.717, 1.165) is 28.1 Å². The van der Waals surface area contributed by atoms with Crippen LogP contribution in [0, 0.1) is 0 Å². The molecule has 0 saturated carbocycles. The summed E-state index contributed by atoms with van der Waals surface area (Å²) in [6, 6.07) is 22.3. The SMILES string of the molecule is CCOC(=O)CN1C/C(=C\c2ccc(OC)cc2)c2c(c(C(=O)N[C@H](C)c3ccccc3)nn2-c2ccc(Cl)cc2Cl)C1. The zero-order valence-electron chi connectivity index (χ0n) is 24.1. The van der Waals surface area contributed by atoms with Crippen molar-refractivity contribution < 1.29 is 19.1 Å². The second kappa shape index (κ2) is 13.5. The van der Waals surface area contributed by atoms with Gasteiger partial charge in [0.05, 0.1) is 42.7 Å². The van der Waals surface area contributed by atoms with Crippen molar-refractivity contribution in [1.82, 2.24) is 20.0 Å². The Balaban J connectivity index is 1.65. The van der Waals surface area contributed by atoms with Gasteiger partial charge in [-0.05, 0) is 67.0 Å². The van der Waals surface area contributed by atoms with Gasteiger partial charge in [-0.25, -0.2) is 4.68 Å². The number of hydrogen-bond donors (Lipinski definition) is 1. The average molecular weight is 620 g/mol. The second-order valence-electron chi connectivity index (χ2n) is 10.2. The topological polar surface area (TPSA) is 85.7 Å². The fourth-order valence-corrected chi connectivity index (χ4v) is 5.63.